The summed E-state index contributed by atoms with van der Waals surface area (Å²) in [6.45, 7) is 6.43. The van der Waals surface area contributed by atoms with Gasteiger partial charge < -0.3 is 4.57 Å². The van der Waals surface area contributed by atoms with E-state index in [0.29, 0.717) is 10.9 Å². The number of carbonyl (C=O) groups excluding carboxylic acids is 1. The lowest BCUT2D eigenvalue weighted by Crippen LogP contribution is -2.44. The van der Waals surface area contributed by atoms with Crippen LogP contribution in [0.2, 0.25) is 5.02 Å². The van der Waals surface area contributed by atoms with Crippen molar-refractivity contribution >= 4 is 46.2 Å². The van der Waals surface area contributed by atoms with E-state index in [4.69, 9.17) is 16.6 Å². The Labute approximate surface area is 216 Å². The molecule has 0 N–H and O–H groups in total. The number of para-hydroxylation sites is 1. The molecule has 3 aromatic rings. The average molecular weight is 504 g/mol. The first-order chi connectivity index (χ1) is 16.9. The van der Waals surface area contributed by atoms with Gasteiger partial charge in [0.05, 0.1) is 10.6 Å². The molecule has 1 saturated heterocycles. The summed E-state index contributed by atoms with van der Waals surface area (Å²) in [4.78, 5) is 21.4. The van der Waals surface area contributed by atoms with Gasteiger partial charge in [0.25, 0.3) is 5.91 Å². The number of aryl methyl sites for hydroxylation is 1. The van der Waals surface area contributed by atoms with E-state index in [1.54, 1.807) is 0 Å². The summed E-state index contributed by atoms with van der Waals surface area (Å²) in [6, 6.07) is 20.1. The van der Waals surface area contributed by atoms with Crippen LogP contribution >= 0.6 is 23.4 Å². The number of amides is 1. The largest absolute Gasteiger partial charge is 0.318 e. The topological polar surface area (TPSA) is 37.6 Å². The summed E-state index contributed by atoms with van der Waals surface area (Å²) in [5, 5.41) is 1.49. The van der Waals surface area contributed by atoms with Crippen LogP contribution in [0.4, 0.5) is 5.69 Å². The van der Waals surface area contributed by atoms with Crippen molar-refractivity contribution in [3.05, 3.63) is 87.5 Å². The van der Waals surface area contributed by atoms with Gasteiger partial charge in [-0.25, -0.2) is 4.99 Å². The van der Waals surface area contributed by atoms with Crippen molar-refractivity contribution in [2.75, 3.05) is 0 Å². The second-order valence-corrected chi connectivity index (χ2v) is 10.9. The molecule has 2 aliphatic rings. The molecule has 0 unspecified atom stereocenters. The quantitative estimate of drug-likeness (QED) is 0.339. The molecule has 180 valence electrons. The van der Waals surface area contributed by atoms with E-state index in [0.717, 1.165) is 57.7 Å². The molecule has 0 bridgehead atoms. The highest BCUT2D eigenvalue weighted by atomic mass is 35.5. The lowest BCUT2D eigenvalue weighted by atomic mass is 9.85. The van der Waals surface area contributed by atoms with Gasteiger partial charge in [0, 0.05) is 28.1 Å². The number of aromatic nitrogens is 1. The molecular weight excluding hydrogens is 474 g/mol. The summed E-state index contributed by atoms with van der Waals surface area (Å²) in [6.07, 6.45) is 6.60. The van der Waals surface area contributed by atoms with Crippen LogP contribution in [-0.4, -0.2) is 26.6 Å². The van der Waals surface area contributed by atoms with Gasteiger partial charge in [-0.3, -0.25) is 9.69 Å². The van der Waals surface area contributed by atoms with Crippen LogP contribution in [0.3, 0.4) is 0 Å². The summed E-state index contributed by atoms with van der Waals surface area (Å²) in [5.41, 5.74) is 5.11. The van der Waals surface area contributed by atoms with Crippen LogP contribution in [0.15, 0.2) is 70.6 Å². The fourth-order valence-electron chi connectivity index (χ4n) is 5.24. The van der Waals surface area contributed by atoms with E-state index < -0.39 is 0 Å². The van der Waals surface area contributed by atoms with Gasteiger partial charge in [-0.15, -0.1) is 0 Å². The summed E-state index contributed by atoms with van der Waals surface area (Å²) in [7, 11) is 0. The Kier molecular flexibility index (Phi) is 6.90. The number of benzene rings is 2. The van der Waals surface area contributed by atoms with Crippen LogP contribution in [0.25, 0.3) is 11.8 Å². The third-order valence-corrected chi connectivity index (χ3v) is 8.26. The van der Waals surface area contributed by atoms with Crippen molar-refractivity contribution in [1.82, 2.24) is 9.47 Å². The van der Waals surface area contributed by atoms with E-state index in [2.05, 4.69) is 37.5 Å². The van der Waals surface area contributed by atoms with E-state index in [-0.39, 0.29) is 11.9 Å². The number of amidine groups is 1. The minimum absolute atomic E-state index is 0.0657. The summed E-state index contributed by atoms with van der Waals surface area (Å²) in [5.74, 6) is 0.525. The molecule has 0 spiro atoms. The third-order valence-electron chi connectivity index (χ3n) is 7.04. The van der Waals surface area contributed by atoms with Gasteiger partial charge in [0.2, 0.25) is 0 Å². The van der Waals surface area contributed by atoms with Gasteiger partial charge in [0.1, 0.15) is 0 Å². The Hall–Kier alpha value is -2.76. The maximum absolute atomic E-state index is 13.8. The fourth-order valence-corrected chi connectivity index (χ4v) is 6.46. The predicted molar refractivity (Wildman–Crippen MR) is 148 cm³/mol. The molecule has 2 heterocycles. The monoisotopic (exact) mass is 503 g/mol. The molecule has 1 saturated carbocycles. The van der Waals surface area contributed by atoms with Crippen LogP contribution in [0, 0.1) is 19.8 Å². The van der Waals surface area contributed by atoms with Gasteiger partial charge >= 0.3 is 0 Å². The van der Waals surface area contributed by atoms with Crippen molar-refractivity contribution < 1.29 is 4.79 Å². The van der Waals surface area contributed by atoms with Gasteiger partial charge in [-0.1, -0.05) is 55.6 Å². The molecule has 5 rings (SSSR count). The molecule has 2 atom stereocenters. The van der Waals surface area contributed by atoms with Gasteiger partial charge in [0.15, 0.2) is 5.17 Å². The molecule has 4 nitrogen and oxygen atoms in total. The van der Waals surface area contributed by atoms with Crippen LogP contribution < -0.4 is 0 Å². The third kappa shape index (κ3) is 4.85. The summed E-state index contributed by atoms with van der Waals surface area (Å²) < 4.78 is 2.18. The molecule has 2 fully saturated rings. The fraction of sp³-hybridized carbons (Fsp3) is 0.310. The van der Waals surface area contributed by atoms with Crippen LogP contribution in [0.5, 0.6) is 0 Å². The zero-order chi connectivity index (χ0) is 24.5. The SMILES string of the molecule is Cc1cc(/C=C2\SC(=Nc3ccccc3)N([C@H]3CCCC[C@@H]3C)C2=O)c(C)n1-c1cccc(Cl)c1. The molecule has 1 amide bonds. The molecular formula is C29H30ClN3OS. The van der Waals surface area contributed by atoms with Crippen LogP contribution in [0.1, 0.15) is 49.6 Å². The number of hydrogen-bond acceptors (Lipinski definition) is 3. The highest BCUT2D eigenvalue weighted by Crippen LogP contribution is 2.40. The zero-order valence-corrected chi connectivity index (χ0v) is 21.9. The standard InChI is InChI=1S/C29H30ClN3OS/c1-19-10-7-8-15-26(19)33-28(34)27(35-29(33)31-24-12-5-4-6-13-24)17-22-16-20(2)32(21(22)3)25-14-9-11-23(30)18-25/h4-6,9,11-14,16-19,26H,7-8,10,15H2,1-3H3/b27-17-,31-29?/t19-,26-/m0/s1. The average Bonchev–Trinajstić information content (AvgIpc) is 3.29. The number of aliphatic imine (C=N–C) groups is 1. The first kappa shape index (κ1) is 24.0. The predicted octanol–water partition coefficient (Wildman–Crippen LogP) is 7.93. The molecule has 0 radical (unpaired) electrons. The molecule has 35 heavy (non-hydrogen) atoms. The molecule has 2 aromatic carbocycles. The second-order valence-electron chi connectivity index (χ2n) is 9.49. The maximum atomic E-state index is 13.8. The number of halogens is 1. The Balaban J connectivity index is 1.54. The normalized spacial score (nSPS) is 23.0. The maximum Gasteiger partial charge on any atom is 0.267 e. The lowest BCUT2D eigenvalue weighted by molar-refractivity contribution is -0.124. The van der Waals surface area contributed by atoms with E-state index in [1.165, 1.54) is 18.2 Å². The van der Waals surface area contributed by atoms with Crippen LogP contribution in [-0.2, 0) is 4.79 Å². The first-order valence-electron chi connectivity index (χ1n) is 12.2. The molecule has 1 aromatic heterocycles. The Bertz CT molecular complexity index is 1310. The number of nitrogens with zero attached hydrogens (tertiary/aromatic N) is 3. The van der Waals surface area contributed by atoms with Crippen molar-refractivity contribution in [1.29, 1.82) is 0 Å². The van der Waals surface area contributed by atoms with Crippen molar-refractivity contribution in [2.45, 2.75) is 52.5 Å². The highest BCUT2D eigenvalue weighted by Gasteiger charge is 2.41. The van der Waals surface area contributed by atoms with Crippen molar-refractivity contribution in [3.8, 4) is 5.69 Å². The van der Waals surface area contributed by atoms with Crippen molar-refractivity contribution in [2.24, 2.45) is 10.9 Å². The van der Waals surface area contributed by atoms with E-state index in [9.17, 15) is 4.79 Å². The van der Waals surface area contributed by atoms with Gasteiger partial charge in [-0.2, -0.15) is 0 Å². The number of carbonyl (C=O) groups is 1. The molecule has 1 aliphatic carbocycles. The van der Waals surface area contributed by atoms with E-state index >= 15 is 0 Å². The first-order valence-corrected chi connectivity index (χ1v) is 13.4. The lowest BCUT2D eigenvalue weighted by Gasteiger charge is -2.35. The van der Waals surface area contributed by atoms with E-state index in [1.807, 2.05) is 59.5 Å². The Morgan fingerprint density at radius 1 is 1.03 bits per heavy atom. The smallest absolute Gasteiger partial charge is 0.267 e. The number of rotatable bonds is 4. The molecule has 1 aliphatic heterocycles. The Morgan fingerprint density at radius 3 is 2.54 bits per heavy atom. The minimum atomic E-state index is 0.0657. The summed E-state index contributed by atoms with van der Waals surface area (Å²) >= 11 is 7.75. The number of hydrogen-bond donors (Lipinski definition) is 0. The van der Waals surface area contributed by atoms with Crippen molar-refractivity contribution in [3.63, 3.8) is 0 Å². The van der Waals surface area contributed by atoms with Gasteiger partial charge in [-0.05, 0) is 92.4 Å². The molecule has 6 heteroatoms. The number of thioether (sulfide) groups is 1. The minimum Gasteiger partial charge on any atom is -0.318 e. The Morgan fingerprint density at radius 2 is 1.80 bits per heavy atom. The second kappa shape index (κ2) is 10.1. The zero-order valence-electron chi connectivity index (χ0n) is 20.4. The highest BCUT2D eigenvalue weighted by molar-refractivity contribution is 8.18.